The Morgan fingerprint density at radius 1 is 1.08 bits per heavy atom. The van der Waals surface area contributed by atoms with E-state index < -0.39 is 0 Å². The van der Waals surface area contributed by atoms with E-state index in [1.807, 2.05) is 6.92 Å². The van der Waals surface area contributed by atoms with Gasteiger partial charge in [-0.15, -0.1) is 10.2 Å². The third kappa shape index (κ3) is 2.65. The summed E-state index contributed by atoms with van der Waals surface area (Å²) in [6, 6.07) is 0. The van der Waals surface area contributed by atoms with Gasteiger partial charge in [-0.2, -0.15) is 0 Å². The molecule has 6 rings (SSSR count). The van der Waals surface area contributed by atoms with Crippen molar-refractivity contribution < 1.29 is 4.79 Å². The van der Waals surface area contributed by atoms with Gasteiger partial charge in [0, 0.05) is 11.6 Å². The first-order valence-corrected chi connectivity index (χ1v) is 9.85. The van der Waals surface area contributed by atoms with Crippen molar-refractivity contribution in [2.45, 2.75) is 50.9 Å². The smallest absolute Gasteiger partial charge is 0.277 e. The van der Waals surface area contributed by atoms with Crippen LogP contribution in [0.5, 0.6) is 0 Å². The van der Waals surface area contributed by atoms with Crippen LogP contribution in [0.1, 0.15) is 59.7 Å². The highest BCUT2D eigenvalue weighted by molar-refractivity contribution is 7.15. The lowest BCUT2D eigenvalue weighted by Crippen LogP contribution is -2.48. The summed E-state index contributed by atoms with van der Waals surface area (Å²) in [4.78, 5) is 20.5. The maximum atomic E-state index is 12.3. The first kappa shape index (κ1) is 15.4. The number of rotatable bonds is 3. The van der Waals surface area contributed by atoms with Crippen molar-refractivity contribution in [1.29, 1.82) is 0 Å². The lowest BCUT2D eigenvalue weighted by Gasteiger charge is -2.55. The van der Waals surface area contributed by atoms with Crippen LogP contribution in [-0.2, 0) is 5.41 Å². The second-order valence-corrected chi connectivity index (χ2v) is 9.08. The molecule has 2 aromatic heterocycles. The number of nitrogens with one attached hydrogen (secondary N) is 1. The summed E-state index contributed by atoms with van der Waals surface area (Å²) in [6.45, 7) is 1.84. The van der Waals surface area contributed by atoms with E-state index in [-0.39, 0.29) is 11.3 Å². The third-order valence-corrected chi connectivity index (χ3v) is 7.24. The zero-order valence-corrected chi connectivity index (χ0v) is 15.1. The molecule has 0 radical (unpaired) electrons. The molecule has 2 heterocycles. The van der Waals surface area contributed by atoms with Crippen LogP contribution in [0, 0.1) is 24.7 Å². The van der Waals surface area contributed by atoms with Gasteiger partial charge in [0.2, 0.25) is 5.13 Å². The number of aromatic nitrogens is 4. The zero-order valence-electron chi connectivity index (χ0n) is 14.2. The highest BCUT2D eigenvalue weighted by Gasteiger charge is 2.53. The molecule has 130 valence electrons. The average molecular weight is 355 g/mol. The first-order valence-electron chi connectivity index (χ1n) is 9.04. The van der Waals surface area contributed by atoms with E-state index in [9.17, 15) is 4.79 Å². The van der Waals surface area contributed by atoms with E-state index in [4.69, 9.17) is 0 Å². The number of carbonyl (C=O) groups excluding carboxylic acids is 1. The van der Waals surface area contributed by atoms with Crippen LogP contribution in [0.2, 0.25) is 0 Å². The molecule has 25 heavy (non-hydrogen) atoms. The molecule has 0 saturated heterocycles. The van der Waals surface area contributed by atoms with E-state index in [1.165, 1.54) is 44.7 Å². The number of aryl methyl sites for hydroxylation is 1. The Balaban J connectivity index is 1.35. The van der Waals surface area contributed by atoms with Gasteiger partial charge in [-0.05, 0) is 63.2 Å². The molecular weight excluding hydrogens is 334 g/mol. The third-order valence-electron chi connectivity index (χ3n) is 6.15. The topological polar surface area (TPSA) is 80.7 Å². The van der Waals surface area contributed by atoms with Gasteiger partial charge in [-0.1, -0.05) is 11.3 Å². The number of hydrogen-bond acceptors (Lipinski definition) is 6. The van der Waals surface area contributed by atoms with Crippen LogP contribution >= 0.6 is 11.3 Å². The summed E-state index contributed by atoms with van der Waals surface area (Å²) in [6.07, 6.45) is 11.1. The van der Waals surface area contributed by atoms with Crippen molar-refractivity contribution in [2.75, 3.05) is 5.32 Å². The van der Waals surface area contributed by atoms with Crippen LogP contribution in [0.4, 0.5) is 5.13 Å². The zero-order chi connectivity index (χ0) is 17.0. The number of hydrogen-bond donors (Lipinski definition) is 1. The van der Waals surface area contributed by atoms with Crippen molar-refractivity contribution in [3.63, 3.8) is 0 Å². The van der Waals surface area contributed by atoms with Crippen LogP contribution < -0.4 is 5.32 Å². The van der Waals surface area contributed by atoms with Crippen molar-refractivity contribution in [3.05, 3.63) is 28.8 Å². The predicted octanol–water partition coefficient (Wildman–Crippen LogP) is 3.36. The van der Waals surface area contributed by atoms with Gasteiger partial charge in [-0.25, -0.2) is 4.98 Å². The Labute approximate surface area is 150 Å². The second-order valence-electron chi connectivity index (χ2n) is 8.11. The molecule has 2 aromatic rings. The molecule has 4 fully saturated rings. The van der Waals surface area contributed by atoms with E-state index in [1.54, 1.807) is 17.5 Å². The fourth-order valence-corrected chi connectivity index (χ4v) is 6.49. The molecule has 4 bridgehead atoms. The SMILES string of the molecule is Cc1cnc(C(=O)Nc2nnc(C34CC5CC(CC(C5)C3)C4)s2)cn1. The molecule has 6 nitrogen and oxygen atoms in total. The van der Waals surface area contributed by atoms with E-state index in [2.05, 4.69) is 25.5 Å². The first-order chi connectivity index (χ1) is 12.1. The lowest BCUT2D eigenvalue weighted by molar-refractivity contribution is -0.00555. The van der Waals surface area contributed by atoms with Crippen LogP contribution in [0.3, 0.4) is 0 Å². The average Bonchev–Trinajstić information content (AvgIpc) is 3.03. The fraction of sp³-hybridized carbons (Fsp3) is 0.611. The predicted molar refractivity (Wildman–Crippen MR) is 94.5 cm³/mol. The van der Waals surface area contributed by atoms with Gasteiger partial charge in [0.1, 0.15) is 10.7 Å². The van der Waals surface area contributed by atoms with Gasteiger partial charge >= 0.3 is 0 Å². The molecular formula is C18H21N5OS. The molecule has 1 amide bonds. The summed E-state index contributed by atoms with van der Waals surface area (Å²) >= 11 is 1.55. The number of carbonyl (C=O) groups is 1. The molecule has 0 spiro atoms. The summed E-state index contributed by atoms with van der Waals surface area (Å²) in [5, 5.41) is 13.3. The molecule has 0 aromatic carbocycles. The highest BCUT2D eigenvalue weighted by atomic mass is 32.1. The molecule has 0 atom stereocenters. The van der Waals surface area contributed by atoms with Gasteiger partial charge in [-0.3, -0.25) is 15.1 Å². The molecule has 1 N–H and O–H groups in total. The van der Waals surface area contributed by atoms with E-state index in [0.717, 1.165) is 28.5 Å². The Morgan fingerprint density at radius 2 is 1.76 bits per heavy atom. The highest BCUT2D eigenvalue weighted by Crippen LogP contribution is 2.61. The van der Waals surface area contributed by atoms with E-state index >= 15 is 0 Å². The van der Waals surface area contributed by atoms with Gasteiger partial charge in [0.05, 0.1) is 11.9 Å². The maximum Gasteiger partial charge on any atom is 0.277 e. The summed E-state index contributed by atoms with van der Waals surface area (Å²) in [5.41, 5.74) is 1.31. The van der Waals surface area contributed by atoms with Crippen molar-refractivity contribution in [1.82, 2.24) is 20.2 Å². The molecule has 7 heteroatoms. The minimum absolute atomic E-state index is 0.221. The fourth-order valence-electron chi connectivity index (χ4n) is 5.53. The Bertz CT molecular complexity index is 780. The molecule has 0 unspecified atom stereocenters. The van der Waals surface area contributed by atoms with Gasteiger partial charge < -0.3 is 0 Å². The quantitative estimate of drug-likeness (QED) is 0.913. The van der Waals surface area contributed by atoms with Gasteiger partial charge in [0.15, 0.2) is 0 Å². The van der Waals surface area contributed by atoms with Gasteiger partial charge in [0.25, 0.3) is 5.91 Å². The monoisotopic (exact) mass is 355 g/mol. The van der Waals surface area contributed by atoms with Crippen molar-refractivity contribution >= 4 is 22.4 Å². The molecule has 0 aliphatic heterocycles. The van der Waals surface area contributed by atoms with E-state index in [0.29, 0.717) is 10.8 Å². The minimum Gasteiger partial charge on any atom is -0.295 e. The largest absolute Gasteiger partial charge is 0.295 e. The maximum absolute atomic E-state index is 12.3. The Kier molecular flexibility index (Phi) is 3.42. The van der Waals surface area contributed by atoms with Crippen LogP contribution in [0.25, 0.3) is 0 Å². The number of amides is 1. The number of anilines is 1. The van der Waals surface area contributed by atoms with Crippen molar-refractivity contribution in [3.8, 4) is 0 Å². The standard InChI is InChI=1S/C18H21N5OS/c1-10-8-20-14(9-19-10)15(24)21-17-23-22-16(25-17)18-5-11-2-12(6-18)4-13(3-11)7-18/h8-9,11-13H,2-7H2,1H3,(H,21,23,24). The molecule has 4 aliphatic rings. The lowest BCUT2D eigenvalue weighted by atomic mass is 9.50. The van der Waals surface area contributed by atoms with Crippen molar-refractivity contribution in [2.24, 2.45) is 17.8 Å². The summed E-state index contributed by atoms with van der Waals surface area (Å²) in [5.74, 6) is 2.34. The molecule has 4 aliphatic carbocycles. The second kappa shape index (κ2) is 5.56. The summed E-state index contributed by atoms with van der Waals surface area (Å²) in [7, 11) is 0. The minimum atomic E-state index is -0.277. The number of nitrogens with zero attached hydrogens (tertiary/aromatic N) is 4. The van der Waals surface area contributed by atoms with Crippen LogP contribution in [0.15, 0.2) is 12.4 Å². The molecule has 4 saturated carbocycles. The van der Waals surface area contributed by atoms with Crippen LogP contribution in [-0.4, -0.2) is 26.1 Å². The normalized spacial score (nSPS) is 32.8. The summed E-state index contributed by atoms with van der Waals surface area (Å²) < 4.78 is 0. The Hall–Kier alpha value is -1.89. The Morgan fingerprint density at radius 3 is 2.36 bits per heavy atom.